The van der Waals surface area contributed by atoms with E-state index in [0.29, 0.717) is 12.0 Å². The van der Waals surface area contributed by atoms with E-state index in [2.05, 4.69) is 41.2 Å². The van der Waals surface area contributed by atoms with Gasteiger partial charge in [0.1, 0.15) is 6.73 Å². The van der Waals surface area contributed by atoms with Crippen LogP contribution in [0.25, 0.3) is 0 Å². The number of halogens is 1. The molecule has 0 aliphatic carbocycles. The third kappa shape index (κ3) is 8.33. The lowest BCUT2D eigenvalue weighted by molar-refractivity contribution is 0.0585. The van der Waals surface area contributed by atoms with Crippen molar-refractivity contribution in [1.29, 1.82) is 0 Å². The highest BCUT2D eigenvalue weighted by Gasteiger charge is 2.22. The van der Waals surface area contributed by atoms with Gasteiger partial charge in [-0.1, -0.05) is 46.8 Å². The first-order valence-corrected chi connectivity index (χ1v) is 6.28. The van der Waals surface area contributed by atoms with Crippen molar-refractivity contribution in [3.05, 3.63) is 12.2 Å². The van der Waals surface area contributed by atoms with Crippen molar-refractivity contribution in [2.45, 2.75) is 53.9 Å². The number of allylic oxidation sites excluding steroid dienone is 1. The third-order valence-corrected chi connectivity index (χ3v) is 3.16. The molecule has 0 saturated carbocycles. The van der Waals surface area contributed by atoms with E-state index in [-0.39, 0.29) is 12.1 Å². The normalized spacial score (nSPS) is 12.8. The Balaban J connectivity index is 3.98. The largest absolute Gasteiger partial charge is 0.364 e. The zero-order chi connectivity index (χ0) is 13.5. The van der Waals surface area contributed by atoms with Gasteiger partial charge in [0.25, 0.3) is 0 Å². The van der Waals surface area contributed by atoms with Crippen LogP contribution in [0.3, 0.4) is 0 Å². The van der Waals surface area contributed by atoms with E-state index in [9.17, 15) is 4.48 Å². The second kappa shape index (κ2) is 7.12. The average molecular weight is 245 g/mol. The summed E-state index contributed by atoms with van der Waals surface area (Å²) in [7, 11) is 0. The molecule has 0 atom stereocenters. The number of rotatable bonds is 8. The molecule has 17 heavy (non-hydrogen) atoms. The summed E-state index contributed by atoms with van der Waals surface area (Å²) in [6.45, 7) is 15.8. The number of nitrogens with one attached hydrogen (secondary N) is 1. The van der Waals surface area contributed by atoms with Crippen LogP contribution in [0.15, 0.2) is 12.2 Å². The highest BCUT2D eigenvalue weighted by molar-refractivity contribution is 5.07. The molecule has 0 heterocycles. The number of hydrogen-bond acceptors (Lipinski definition) is 2. The molecule has 0 rings (SSSR count). The SMILES string of the molecule is C=C(CCC(C)(C)C)C(C)(C)CCOCNF. The fourth-order valence-corrected chi connectivity index (χ4v) is 1.48. The smallest absolute Gasteiger partial charge is 0.124 e. The molecule has 0 aromatic heterocycles. The zero-order valence-electron chi connectivity index (χ0n) is 12.0. The predicted octanol–water partition coefficient (Wildman–Crippen LogP) is 4.23. The fourth-order valence-electron chi connectivity index (χ4n) is 1.48. The number of hydrogen-bond donors (Lipinski definition) is 1. The fraction of sp³-hybridized carbons (Fsp3) is 0.857. The maximum absolute atomic E-state index is 11.6. The average Bonchev–Trinajstić information content (AvgIpc) is 2.20. The Morgan fingerprint density at radius 1 is 1.18 bits per heavy atom. The lowest BCUT2D eigenvalue weighted by Crippen LogP contribution is -2.20. The van der Waals surface area contributed by atoms with Gasteiger partial charge in [-0.05, 0) is 30.1 Å². The topological polar surface area (TPSA) is 21.3 Å². The van der Waals surface area contributed by atoms with Crippen LogP contribution in [0.2, 0.25) is 0 Å². The summed E-state index contributed by atoms with van der Waals surface area (Å²) >= 11 is 0. The molecular weight excluding hydrogens is 217 g/mol. The van der Waals surface area contributed by atoms with E-state index in [0.717, 1.165) is 19.3 Å². The molecule has 0 aromatic rings. The molecule has 3 heteroatoms. The minimum Gasteiger partial charge on any atom is -0.364 e. The van der Waals surface area contributed by atoms with Gasteiger partial charge in [-0.25, -0.2) is 0 Å². The third-order valence-electron chi connectivity index (χ3n) is 3.16. The van der Waals surface area contributed by atoms with Crippen molar-refractivity contribution in [2.24, 2.45) is 10.8 Å². The summed E-state index contributed by atoms with van der Waals surface area (Å²) in [5.74, 6) is 0. The van der Waals surface area contributed by atoms with Crippen molar-refractivity contribution in [1.82, 2.24) is 5.54 Å². The van der Waals surface area contributed by atoms with Crippen LogP contribution >= 0.6 is 0 Å². The van der Waals surface area contributed by atoms with Crippen LogP contribution in [0, 0.1) is 10.8 Å². The van der Waals surface area contributed by atoms with Gasteiger partial charge in [0.05, 0.1) is 0 Å². The van der Waals surface area contributed by atoms with Crippen LogP contribution in [-0.4, -0.2) is 13.3 Å². The zero-order valence-corrected chi connectivity index (χ0v) is 12.0. The molecule has 0 saturated heterocycles. The molecule has 0 radical (unpaired) electrons. The minimum absolute atomic E-state index is 0.0372. The van der Waals surface area contributed by atoms with E-state index in [1.54, 1.807) is 0 Å². The lowest BCUT2D eigenvalue weighted by Gasteiger charge is -2.29. The van der Waals surface area contributed by atoms with Crippen molar-refractivity contribution >= 4 is 0 Å². The van der Waals surface area contributed by atoms with Gasteiger partial charge < -0.3 is 4.74 Å². The van der Waals surface area contributed by atoms with E-state index in [4.69, 9.17) is 4.74 Å². The molecule has 0 aromatic carbocycles. The molecule has 0 unspecified atom stereocenters. The van der Waals surface area contributed by atoms with Gasteiger partial charge >= 0.3 is 0 Å². The van der Waals surface area contributed by atoms with Crippen molar-refractivity contribution in [2.75, 3.05) is 13.3 Å². The Morgan fingerprint density at radius 3 is 2.24 bits per heavy atom. The predicted molar refractivity (Wildman–Crippen MR) is 71.3 cm³/mol. The molecule has 0 aliphatic rings. The van der Waals surface area contributed by atoms with Crippen LogP contribution in [0.1, 0.15) is 53.9 Å². The Labute approximate surface area is 106 Å². The molecule has 0 spiro atoms. The first-order valence-electron chi connectivity index (χ1n) is 6.28. The highest BCUT2D eigenvalue weighted by Crippen LogP contribution is 2.34. The molecule has 0 bridgehead atoms. The first-order chi connectivity index (χ1) is 7.69. The van der Waals surface area contributed by atoms with Gasteiger partial charge in [0, 0.05) is 6.61 Å². The first kappa shape index (κ1) is 16.6. The summed E-state index contributed by atoms with van der Waals surface area (Å²) in [6, 6.07) is 0. The molecule has 1 N–H and O–H groups in total. The Hall–Kier alpha value is -0.410. The quantitative estimate of drug-likeness (QED) is 0.299. The maximum atomic E-state index is 11.6. The summed E-state index contributed by atoms with van der Waals surface area (Å²) in [4.78, 5) is 0. The Kier molecular flexibility index (Phi) is 6.95. The molecule has 2 nitrogen and oxygen atoms in total. The minimum atomic E-state index is -0.0372. The van der Waals surface area contributed by atoms with Gasteiger partial charge in [0.2, 0.25) is 0 Å². The van der Waals surface area contributed by atoms with Gasteiger partial charge in [-0.3, -0.25) is 0 Å². The molecule has 0 amide bonds. The van der Waals surface area contributed by atoms with E-state index < -0.39 is 0 Å². The Bertz CT molecular complexity index is 231. The van der Waals surface area contributed by atoms with E-state index >= 15 is 0 Å². The van der Waals surface area contributed by atoms with Crippen molar-refractivity contribution in [3.8, 4) is 0 Å². The van der Waals surface area contributed by atoms with Crippen LogP contribution < -0.4 is 5.54 Å². The van der Waals surface area contributed by atoms with Crippen LogP contribution in [0.4, 0.5) is 4.48 Å². The summed E-state index contributed by atoms with van der Waals surface area (Å²) < 4.78 is 16.7. The second-order valence-corrected chi connectivity index (χ2v) is 6.48. The van der Waals surface area contributed by atoms with Crippen LogP contribution in [-0.2, 0) is 4.74 Å². The monoisotopic (exact) mass is 245 g/mol. The molecular formula is C14H28FNO. The maximum Gasteiger partial charge on any atom is 0.124 e. The summed E-state index contributed by atoms with van der Waals surface area (Å²) in [5.41, 5.74) is 3.14. The Morgan fingerprint density at radius 2 is 1.76 bits per heavy atom. The van der Waals surface area contributed by atoms with Gasteiger partial charge in [-0.2, -0.15) is 0 Å². The number of ether oxygens (including phenoxy) is 1. The van der Waals surface area contributed by atoms with E-state index in [1.807, 2.05) is 0 Å². The van der Waals surface area contributed by atoms with Crippen LogP contribution in [0.5, 0.6) is 0 Å². The molecule has 0 aliphatic heterocycles. The van der Waals surface area contributed by atoms with E-state index in [1.165, 1.54) is 11.1 Å². The summed E-state index contributed by atoms with van der Waals surface area (Å²) in [6.07, 6.45) is 3.05. The summed E-state index contributed by atoms with van der Waals surface area (Å²) in [5, 5.41) is 0. The molecule has 0 fully saturated rings. The molecule has 102 valence electrons. The van der Waals surface area contributed by atoms with Crippen molar-refractivity contribution in [3.63, 3.8) is 0 Å². The standard InChI is InChI=1S/C14H28FNO/c1-12(7-8-13(2,3)4)14(5,6)9-10-17-11-16-15/h16H,1,7-11H2,2-6H3. The van der Waals surface area contributed by atoms with Gasteiger partial charge in [0.15, 0.2) is 0 Å². The second-order valence-electron chi connectivity index (χ2n) is 6.48. The van der Waals surface area contributed by atoms with Crippen molar-refractivity contribution < 1.29 is 9.22 Å². The lowest BCUT2D eigenvalue weighted by atomic mass is 9.77. The highest BCUT2D eigenvalue weighted by atomic mass is 19.2. The van der Waals surface area contributed by atoms with Gasteiger partial charge in [-0.15, -0.1) is 10.0 Å².